The summed E-state index contributed by atoms with van der Waals surface area (Å²) in [6, 6.07) is 6.94. The number of hydrogen-bond donors (Lipinski definition) is 1. The van der Waals surface area contributed by atoms with E-state index in [1.165, 1.54) is 11.1 Å². The molecule has 1 aliphatic rings. The third kappa shape index (κ3) is 3.71. The molecule has 0 spiro atoms. The second-order valence-corrected chi connectivity index (χ2v) is 5.25. The summed E-state index contributed by atoms with van der Waals surface area (Å²) in [6.45, 7) is 6.17. The molecule has 19 heavy (non-hydrogen) atoms. The topological polar surface area (TPSA) is 30.5 Å². The van der Waals surface area contributed by atoms with Crippen LogP contribution >= 0.6 is 0 Å². The lowest BCUT2D eigenvalue weighted by Gasteiger charge is -2.22. The van der Waals surface area contributed by atoms with Crippen molar-refractivity contribution in [2.24, 2.45) is 0 Å². The van der Waals surface area contributed by atoms with Gasteiger partial charge in [0.25, 0.3) is 0 Å². The number of rotatable bonds is 7. The fraction of sp³-hybridized carbons (Fsp3) is 0.625. The first kappa shape index (κ1) is 14.4. The zero-order chi connectivity index (χ0) is 13.7. The Labute approximate surface area is 116 Å². The van der Waals surface area contributed by atoms with Gasteiger partial charge < -0.3 is 14.8 Å². The Balaban J connectivity index is 2.12. The molecule has 1 aromatic carbocycles. The largest absolute Gasteiger partial charge is 0.493 e. The van der Waals surface area contributed by atoms with Crippen LogP contribution in [0.25, 0.3) is 0 Å². The standard InChI is InChI=1S/C16H25NO2/c1-4-8-17-15(10-12(2)18-3)13-5-6-16-14(11-13)7-9-19-16/h5-6,11-12,15,17H,4,7-10H2,1-3H3. The molecule has 2 rings (SSSR count). The van der Waals surface area contributed by atoms with Gasteiger partial charge >= 0.3 is 0 Å². The first-order chi connectivity index (χ1) is 9.24. The van der Waals surface area contributed by atoms with Crippen molar-refractivity contribution in [3.05, 3.63) is 29.3 Å². The highest BCUT2D eigenvalue weighted by Gasteiger charge is 2.18. The smallest absolute Gasteiger partial charge is 0.122 e. The first-order valence-corrected chi connectivity index (χ1v) is 7.26. The van der Waals surface area contributed by atoms with Crippen molar-refractivity contribution in [3.63, 3.8) is 0 Å². The van der Waals surface area contributed by atoms with Crippen molar-refractivity contribution in [1.82, 2.24) is 5.32 Å². The molecular weight excluding hydrogens is 238 g/mol. The van der Waals surface area contributed by atoms with E-state index in [2.05, 4.69) is 37.4 Å². The predicted octanol–water partition coefficient (Wildman–Crippen LogP) is 3.09. The van der Waals surface area contributed by atoms with Gasteiger partial charge in [-0.1, -0.05) is 19.1 Å². The zero-order valence-electron chi connectivity index (χ0n) is 12.2. The van der Waals surface area contributed by atoms with E-state index >= 15 is 0 Å². The van der Waals surface area contributed by atoms with Crippen LogP contribution < -0.4 is 10.1 Å². The van der Waals surface area contributed by atoms with Crippen LogP contribution in [0.1, 0.15) is 43.9 Å². The lowest BCUT2D eigenvalue weighted by molar-refractivity contribution is 0.100. The van der Waals surface area contributed by atoms with Gasteiger partial charge in [0.05, 0.1) is 12.7 Å². The van der Waals surface area contributed by atoms with Crippen molar-refractivity contribution in [2.45, 2.75) is 45.3 Å². The molecule has 0 radical (unpaired) electrons. The van der Waals surface area contributed by atoms with Crippen LogP contribution in [-0.2, 0) is 11.2 Å². The SMILES string of the molecule is CCCNC(CC(C)OC)c1ccc2c(c1)CCO2. The summed E-state index contributed by atoms with van der Waals surface area (Å²) in [4.78, 5) is 0. The molecule has 0 bridgehead atoms. The minimum Gasteiger partial charge on any atom is -0.493 e. The van der Waals surface area contributed by atoms with Gasteiger partial charge in [0.15, 0.2) is 0 Å². The van der Waals surface area contributed by atoms with Gasteiger partial charge in [-0.2, -0.15) is 0 Å². The van der Waals surface area contributed by atoms with Crippen molar-refractivity contribution in [3.8, 4) is 5.75 Å². The van der Waals surface area contributed by atoms with Gasteiger partial charge in [0.1, 0.15) is 5.75 Å². The molecule has 0 aromatic heterocycles. The van der Waals surface area contributed by atoms with E-state index in [-0.39, 0.29) is 6.10 Å². The van der Waals surface area contributed by atoms with Gasteiger partial charge in [0, 0.05) is 19.6 Å². The molecule has 0 fully saturated rings. The van der Waals surface area contributed by atoms with Crippen molar-refractivity contribution < 1.29 is 9.47 Å². The summed E-state index contributed by atoms with van der Waals surface area (Å²) in [7, 11) is 1.78. The summed E-state index contributed by atoms with van der Waals surface area (Å²) in [5.74, 6) is 1.05. The molecule has 2 unspecified atom stereocenters. The second-order valence-electron chi connectivity index (χ2n) is 5.25. The van der Waals surface area contributed by atoms with Gasteiger partial charge in [0.2, 0.25) is 0 Å². The van der Waals surface area contributed by atoms with E-state index in [1.54, 1.807) is 7.11 Å². The van der Waals surface area contributed by atoms with Gasteiger partial charge in [-0.25, -0.2) is 0 Å². The number of ether oxygens (including phenoxy) is 2. The Morgan fingerprint density at radius 3 is 3.00 bits per heavy atom. The third-order valence-electron chi connectivity index (χ3n) is 3.73. The van der Waals surface area contributed by atoms with Gasteiger partial charge in [-0.3, -0.25) is 0 Å². The average molecular weight is 263 g/mol. The molecule has 1 aliphatic heterocycles. The van der Waals surface area contributed by atoms with Crippen LogP contribution in [0.3, 0.4) is 0 Å². The average Bonchev–Trinajstić information content (AvgIpc) is 2.90. The number of benzene rings is 1. The van der Waals surface area contributed by atoms with Crippen molar-refractivity contribution >= 4 is 0 Å². The van der Waals surface area contributed by atoms with Gasteiger partial charge in [-0.15, -0.1) is 0 Å². The predicted molar refractivity (Wildman–Crippen MR) is 77.8 cm³/mol. The summed E-state index contributed by atoms with van der Waals surface area (Å²) >= 11 is 0. The third-order valence-corrected chi connectivity index (χ3v) is 3.73. The fourth-order valence-electron chi connectivity index (χ4n) is 2.51. The molecule has 106 valence electrons. The molecule has 1 heterocycles. The van der Waals surface area contributed by atoms with E-state index in [0.29, 0.717) is 6.04 Å². The van der Waals surface area contributed by atoms with Crippen LogP contribution in [0.15, 0.2) is 18.2 Å². The highest BCUT2D eigenvalue weighted by molar-refractivity contribution is 5.40. The van der Waals surface area contributed by atoms with Crippen LogP contribution in [0, 0.1) is 0 Å². The highest BCUT2D eigenvalue weighted by atomic mass is 16.5. The monoisotopic (exact) mass is 263 g/mol. The maximum Gasteiger partial charge on any atom is 0.122 e. The van der Waals surface area contributed by atoms with Gasteiger partial charge in [-0.05, 0) is 43.5 Å². The quantitative estimate of drug-likeness (QED) is 0.820. The second kappa shape index (κ2) is 6.92. The van der Waals surface area contributed by atoms with E-state index in [1.807, 2.05) is 0 Å². The number of nitrogens with one attached hydrogen (secondary N) is 1. The lowest BCUT2D eigenvalue weighted by atomic mass is 9.98. The molecule has 1 aromatic rings. The Morgan fingerprint density at radius 2 is 2.26 bits per heavy atom. The molecule has 0 aliphatic carbocycles. The van der Waals surface area contributed by atoms with E-state index < -0.39 is 0 Å². The molecule has 1 N–H and O–H groups in total. The van der Waals surface area contributed by atoms with Crippen molar-refractivity contribution in [1.29, 1.82) is 0 Å². The molecule has 0 saturated heterocycles. The number of hydrogen-bond acceptors (Lipinski definition) is 3. The summed E-state index contributed by atoms with van der Waals surface area (Å²) in [5, 5.41) is 3.62. The Hall–Kier alpha value is -1.06. The Morgan fingerprint density at radius 1 is 1.42 bits per heavy atom. The van der Waals surface area contributed by atoms with Crippen LogP contribution in [0.5, 0.6) is 5.75 Å². The van der Waals surface area contributed by atoms with E-state index in [4.69, 9.17) is 9.47 Å². The van der Waals surface area contributed by atoms with Crippen LogP contribution in [-0.4, -0.2) is 26.4 Å². The van der Waals surface area contributed by atoms with Crippen LogP contribution in [0.4, 0.5) is 0 Å². The highest BCUT2D eigenvalue weighted by Crippen LogP contribution is 2.29. The number of methoxy groups -OCH3 is 1. The molecular formula is C16H25NO2. The minimum absolute atomic E-state index is 0.263. The first-order valence-electron chi connectivity index (χ1n) is 7.26. The Kier molecular flexibility index (Phi) is 5.23. The molecule has 2 atom stereocenters. The normalized spacial score (nSPS) is 16.8. The fourth-order valence-corrected chi connectivity index (χ4v) is 2.51. The van der Waals surface area contributed by atoms with E-state index in [0.717, 1.165) is 38.2 Å². The van der Waals surface area contributed by atoms with E-state index in [9.17, 15) is 0 Å². The summed E-state index contributed by atoms with van der Waals surface area (Å²) in [6.07, 6.45) is 3.44. The molecule has 0 amide bonds. The maximum absolute atomic E-state index is 5.57. The summed E-state index contributed by atoms with van der Waals surface area (Å²) in [5.41, 5.74) is 2.69. The summed E-state index contributed by atoms with van der Waals surface area (Å²) < 4.78 is 11.0. The minimum atomic E-state index is 0.263. The molecule has 0 saturated carbocycles. The lowest BCUT2D eigenvalue weighted by Crippen LogP contribution is -2.26. The zero-order valence-corrected chi connectivity index (χ0v) is 12.2. The van der Waals surface area contributed by atoms with Crippen LogP contribution in [0.2, 0.25) is 0 Å². The molecule has 3 heteroatoms. The maximum atomic E-state index is 5.57. The van der Waals surface area contributed by atoms with Crippen molar-refractivity contribution in [2.75, 3.05) is 20.3 Å². The molecule has 3 nitrogen and oxygen atoms in total. The Bertz CT molecular complexity index is 406. The number of fused-ring (bicyclic) bond motifs is 1.